The number of hydrogen-bond donors (Lipinski definition) is 2. The lowest BCUT2D eigenvalue weighted by Crippen LogP contribution is -2.43. The van der Waals surface area contributed by atoms with Crippen molar-refractivity contribution in [1.29, 1.82) is 0 Å². The molecular formula is C21H30N4O3. The molecule has 0 bridgehead atoms. The number of amides is 1. The monoisotopic (exact) mass is 386 g/mol. The van der Waals surface area contributed by atoms with Crippen LogP contribution in [-0.2, 0) is 20.7 Å². The van der Waals surface area contributed by atoms with Gasteiger partial charge in [0, 0.05) is 24.4 Å². The standard InChI is InChI=1S/C21H30N4O3/c1-17(12-19-13-22-16-23-19)24-20(26)14-25(15-21(27)28-2)11-7-10-18-8-5-3-4-6-9-18/h3,5-6,8-9,13,16-17H,4,7,10-12,14-15H2,1-2H3,(H,22,23)(H,24,26). The van der Waals surface area contributed by atoms with E-state index in [-0.39, 0.29) is 31.0 Å². The van der Waals surface area contributed by atoms with E-state index >= 15 is 0 Å². The predicted octanol–water partition coefficient (Wildman–Crippen LogP) is 2.15. The van der Waals surface area contributed by atoms with Gasteiger partial charge in [-0.2, -0.15) is 0 Å². The minimum Gasteiger partial charge on any atom is -0.468 e. The van der Waals surface area contributed by atoms with Gasteiger partial charge in [-0.25, -0.2) is 4.98 Å². The highest BCUT2D eigenvalue weighted by Gasteiger charge is 2.16. The van der Waals surface area contributed by atoms with Crippen LogP contribution < -0.4 is 5.32 Å². The van der Waals surface area contributed by atoms with Crippen LogP contribution in [0.3, 0.4) is 0 Å². The van der Waals surface area contributed by atoms with Gasteiger partial charge in [0.1, 0.15) is 0 Å². The molecular weight excluding hydrogens is 356 g/mol. The van der Waals surface area contributed by atoms with Gasteiger partial charge in [0.05, 0.1) is 26.5 Å². The lowest BCUT2D eigenvalue weighted by Gasteiger charge is -2.22. The van der Waals surface area contributed by atoms with Gasteiger partial charge >= 0.3 is 5.97 Å². The summed E-state index contributed by atoms with van der Waals surface area (Å²) in [5, 5.41) is 2.98. The Bertz CT molecular complexity index is 707. The SMILES string of the molecule is COC(=O)CN(CCCC1=CC=CCC=C1)CC(=O)NC(C)Cc1cnc[nH]1. The van der Waals surface area contributed by atoms with E-state index in [1.54, 1.807) is 12.5 Å². The molecule has 7 heteroatoms. The van der Waals surface area contributed by atoms with Crippen LogP contribution in [0.25, 0.3) is 0 Å². The van der Waals surface area contributed by atoms with Gasteiger partial charge in [0.15, 0.2) is 0 Å². The maximum absolute atomic E-state index is 12.4. The molecule has 1 aliphatic carbocycles. The van der Waals surface area contributed by atoms with Crippen molar-refractivity contribution in [3.05, 3.63) is 54.2 Å². The van der Waals surface area contributed by atoms with Crippen molar-refractivity contribution < 1.29 is 14.3 Å². The molecule has 2 rings (SSSR count). The summed E-state index contributed by atoms with van der Waals surface area (Å²) in [7, 11) is 1.36. The summed E-state index contributed by atoms with van der Waals surface area (Å²) in [5.41, 5.74) is 2.22. The minimum atomic E-state index is -0.338. The number of imidazole rings is 1. The Kier molecular flexibility index (Phi) is 9.21. The van der Waals surface area contributed by atoms with Crippen LogP contribution in [0, 0.1) is 0 Å². The highest BCUT2D eigenvalue weighted by atomic mass is 16.5. The van der Waals surface area contributed by atoms with Gasteiger partial charge < -0.3 is 15.0 Å². The summed E-state index contributed by atoms with van der Waals surface area (Å²) in [6.45, 7) is 2.86. The molecule has 1 aromatic heterocycles. The van der Waals surface area contributed by atoms with E-state index in [0.717, 1.165) is 25.0 Å². The van der Waals surface area contributed by atoms with E-state index < -0.39 is 0 Å². The van der Waals surface area contributed by atoms with Crippen molar-refractivity contribution in [2.24, 2.45) is 0 Å². The molecule has 28 heavy (non-hydrogen) atoms. The molecule has 1 aliphatic rings. The van der Waals surface area contributed by atoms with Gasteiger partial charge in [-0.05, 0) is 38.3 Å². The molecule has 7 nitrogen and oxygen atoms in total. The fourth-order valence-electron chi connectivity index (χ4n) is 3.06. The number of aromatic amines is 1. The third kappa shape index (κ3) is 8.35. The molecule has 1 amide bonds. The van der Waals surface area contributed by atoms with Crippen LogP contribution in [0.2, 0.25) is 0 Å². The summed E-state index contributed by atoms with van der Waals surface area (Å²) in [4.78, 5) is 33.0. The van der Waals surface area contributed by atoms with Gasteiger partial charge in [-0.3, -0.25) is 14.5 Å². The van der Waals surface area contributed by atoms with Gasteiger partial charge in [-0.15, -0.1) is 0 Å². The molecule has 1 atom stereocenters. The molecule has 0 radical (unpaired) electrons. The average Bonchev–Trinajstić information content (AvgIpc) is 3.02. The number of ether oxygens (including phenoxy) is 1. The Balaban J connectivity index is 1.81. The number of hydrogen-bond acceptors (Lipinski definition) is 5. The van der Waals surface area contributed by atoms with Crippen LogP contribution in [0.4, 0.5) is 0 Å². The third-order valence-electron chi connectivity index (χ3n) is 4.43. The molecule has 1 heterocycles. The number of H-pyrrole nitrogens is 1. The molecule has 0 spiro atoms. The number of nitrogens with one attached hydrogen (secondary N) is 2. The zero-order chi connectivity index (χ0) is 20.2. The van der Waals surface area contributed by atoms with E-state index in [9.17, 15) is 9.59 Å². The zero-order valence-corrected chi connectivity index (χ0v) is 16.7. The van der Waals surface area contributed by atoms with E-state index in [4.69, 9.17) is 4.74 Å². The topological polar surface area (TPSA) is 87.3 Å². The van der Waals surface area contributed by atoms with E-state index in [0.29, 0.717) is 13.0 Å². The molecule has 152 valence electrons. The van der Waals surface area contributed by atoms with Crippen LogP contribution >= 0.6 is 0 Å². The number of carbonyl (C=O) groups is 2. The summed E-state index contributed by atoms with van der Waals surface area (Å²) in [6, 6.07) is -0.0269. The van der Waals surface area contributed by atoms with Crippen LogP contribution in [0.5, 0.6) is 0 Å². The quantitative estimate of drug-likeness (QED) is 0.569. The smallest absolute Gasteiger partial charge is 0.319 e. The highest BCUT2D eigenvalue weighted by molar-refractivity contribution is 5.79. The van der Waals surface area contributed by atoms with Crippen molar-refractivity contribution in [2.45, 2.75) is 38.6 Å². The first kappa shape index (κ1) is 21.6. The largest absolute Gasteiger partial charge is 0.468 e. The molecule has 0 saturated carbocycles. The number of allylic oxidation sites excluding steroid dienone is 6. The van der Waals surface area contributed by atoms with Crippen molar-refractivity contribution >= 4 is 11.9 Å². The average molecular weight is 386 g/mol. The summed E-state index contributed by atoms with van der Waals surface area (Å²) in [5.74, 6) is -0.442. The number of aromatic nitrogens is 2. The van der Waals surface area contributed by atoms with Crippen molar-refractivity contribution in [1.82, 2.24) is 20.2 Å². The number of methoxy groups -OCH3 is 1. The zero-order valence-electron chi connectivity index (χ0n) is 16.7. The first-order chi connectivity index (χ1) is 13.6. The number of esters is 1. The fourth-order valence-corrected chi connectivity index (χ4v) is 3.06. The molecule has 1 unspecified atom stereocenters. The Morgan fingerprint density at radius 3 is 2.96 bits per heavy atom. The van der Waals surface area contributed by atoms with Gasteiger partial charge in [-0.1, -0.05) is 30.4 Å². The van der Waals surface area contributed by atoms with Gasteiger partial charge in [0.25, 0.3) is 0 Å². The third-order valence-corrected chi connectivity index (χ3v) is 4.43. The first-order valence-electron chi connectivity index (χ1n) is 9.65. The minimum absolute atomic E-state index is 0.0269. The molecule has 0 aromatic carbocycles. The fraction of sp³-hybridized carbons (Fsp3) is 0.476. The van der Waals surface area contributed by atoms with E-state index in [1.165, 1.54) is 12.7 Å². The second-order valence-corrected chi connectivity index (χ2v) is 6.95. The summed E-state index contributed by atoms with van der Waals surface area (Å²) in [6.07, 6.45) is 17.3. The predicted molar refractivity (Wildman–Crippen MR) is 109 cm³/mol. The van der Waals surface area contributed by atoms with Crippen LogP contribution in [0.1, 0.15) is 31.9 Å². The van der Waals surface area contributed by atoms with Crippen molar-refractivity contribution in [3.63, 3.8) is 0 Å². The van der Waals surface area contributed by atoms with E-state index in [2.05, 4.69) is 45.7 Å². The Hall–Kier alpha value is -2.67. The normalized spacial score (nSPS) is 14.5. The molecule has 1 aromatic rings. The number of rotatable bonds is 11. The maximum Gasteiger partial charge on any atom is 0.319 e. The lowest BCUT2D eigenvalue weighted by molar-refractivity contribution is -0.142. The number of nitrogens with zero attached hydrogens (tertiary/aromatic N) is 2. The highest BCUT2D eigenvalue weighted by Crippen LogP contribution is 2.11. The number of carbonyl (C=O) groups excluding carboxylic acids is 2. The molecule has 0 fully saturated rings. The molecule has 0 saturated heterocycles. The van der Waals surface area contributed by atoms with Gasteiger partial charge in [0.2, 0.25) is 5.91 Å². The Morgan fingerprint density at radius 2 is 2.21 bits per heavy atom. The summed E-state index contributed by atoms with van der Waals surface area (Å²) < 4.78 is 4.77. The summed E-state index contributed by atoms with van der Waals surface area (Å²) >= 11 is 0. The van der Waals surface area contributed by atoms with Crippen molar-refractivity contribution in [3.8, 4) is 0 Å². The van der Waals surface area contributed by atoms with Crippen LogP contribution in [0.15, 0.2) is 48.5 Å². The molecule has 0 aliphatic heterocycles. The maximum atomic E-state index is 12.4. The second-order valence-electron chi connectivity index (χ2n) is 6.95. The second kappa shape index (κ2) is 11.9. The molecule has 2 N–H and O–H groups in total. The van der Waals surface area contributed by atoms with Crippen LogP contribution in [-0.4, -0.2) is 59.5 Å². The Labute approximate surface area is 166 Å². The van der Waals surface area contributed by atoms with E-state index in [1.807, 2.05) is 11.8 Å². The van der Waals surface area contributed by atoms with Crippen molar-refractivity contribution in [2.75, 3.05) is 26.7 Å². The first-order valence-corrected chi connectivity index (χ1v) is 9.65. The lowest BCUT2D eigenvalue weighted by atomic mass is 10.1. The Morgan fingerprint density at radius 1 is 1.36 bits per heavy atom.